The maximum Gasteiger partial charge on any atom is 0.269 e. The zero-order chi connectivity index (χ0) is 12.6. The fourth-order valence-electron chi connectivity index (χ4n) is 0.958. The monoisotopic (exact) mass is 226 g/mol. The van der Waals surface area contributed by atoms with Crippen molar-refractivity contribution in [3.8, 4) is 0 Å². The smallest absolute Gasteiger partial charge is 0.269 e. The first-order valence-corrected chi connectivity index (χ1v) is 4.99. The van der Waals surface area contributed by atoms with Gasteiger partial charge in [-0.2, -0.15) is 5.10 Å². The van der Waals surface area contributed by atoms with Gasteiger partial charge in [-0.3, -0.25) is 9.89 Å². The molecular formula is C10H18N4O2. The van der Waals surface area contributed by atoms with Crippen LogP contribution in [0, 0.1) is 0 Å². The number of H-pyrrole nitrogens is 1. The summed E-state index contributed by atoms with van der Waals surface area (Å²) >= 11 is 0. The van der Waals surface area contributed by atoms with Crippen molar-refractivity contribution >= 4 is 11.7 Å². The summed E-state index contributed by atoms with van der Waals surface area (Å²) < 4.78 is 0. The van der Waals surface area contributed by atoms with Crippen LogP contribution < -0.4 is 11.1 Å². The largest absolute Gasteiger partial charge is 0.388 e. The summed E-state index contributed by atoms with van der Waals surface area (Å²) in [5.74, 6) is -0.0949. The van der Waals surface area contributed by atoms with E-state index in [1.165, 1.54) is 6.07 Å². The van der Waals surface area contributed by atoms with E-state index < -0.39 is 11.1 Å². The van der Waals surface area contributed by atoms with Crippen LogP contribution in [0.5, 0.6) is 0 Å². The van der Waals surface area contributed by atoms with Crippen molar-refractivity contribution in [3.63, 3.8) is 0 Å². The molecule has 0 aromatic carbocycles. The molecule has 0 radical (unpaired) electrons. The number of carbonyl (C=O) groups excluding carboxylic acids is 1. The number of nitrogen functional groups attached to an aromatic ring is 1. The summed E-state index contributed by atoms with van der Waals surface area (Å²) in [7, 11) is 0. The summed E-state index contributed by atoms with van der Waals surface area (Å²) in [5, 5.41) is 18.8. The molecule has 1 aromatic rings. The molecule has 0 aliphatic carbocycles. The molecule has 16 heavy (non-hydrogen) atoms. The summed E-state index contributed by atoms with van der Waals surface area (Å²) in [5.41, 5.74) is 3.87. The third-order valence-corrected chi connectivity index (χ3v) is 2.80. The lowest BCUT2D eigenvalue weighted by Gasteiger charge is -2.37. The Morgan fingerprint density at radius 3 is 2.44 bits per heavy atom. The highest BCUT2D eigenvalue weighted by Crippen LogP contribution is 2.20. The first kappa shape index (κ1) is 12.5. The molecule has 0 atom stereocenters. The highest BCUT2D eigenvalue weighted by atomic mass is 16.3. The lowest BCUT2D eigenvalue weighted by molar-refractivity contribution is -0.00302. The molecule has 1 heterocycles. The lowest BCUT2D eigenvalue weighted by Crippen LogP contribution is -2.57. The number of hydrogen-bond donors (Lipinski definition) is 4. The number of rotatable bonds is 3. The number of aromatic nitrogens is 2. The molecular weight excluding hydrogens is 208 g/mol. The van der Waals surface area contributed by atoms with Crippen LogP contribution in [0.15, 0.2) is 6.07 Å². The summed E-state index contributed by atoms with van der Waals surface area (Å²) in [6.07, 6.45) is 0. The molecule has 0 bridgehead atoms. The van der Waals surface area contributed by atoms with E-state index in [1.54, 1.807) is 27.7 Å². The number of amides is 1. The lowest BCUT2D eigenvalue weighted by atomic mass is 9.86. The fourth-order valence-corrected chi connectivity index (χ4v) is 0.958. The number of hydrogen-bond acceptors (Lipinski definition) is 4. The first-order valence-electron chi connectivity index (χ1n) is 4.99. The van der Waals surface area contributed by atoms with Crippen LogP contribution in [0.1, 0.15) is 38.2 Å². The van der Waals surface area contributed by atoms with Gasteiger partial charge in [-0.15, -0.1) is 0 Å². The Kier molecular flexibility index (Phi) is 2.96. The van der Waals surface area contributed by atoms with Crippen LogP contribution in [0.25, 0.3) is 0 Å². The third kappa shape index (κ3) is 2.52. The second-order valence-electron chi connectivity index (χ2n) is 4.84. The highest BCUT2D eigenvalue weighted by Gasteiger charge is 2.36. The van der Waals surface area contributed by atoms with Gasteiger partial charge in [0.25, 0.3) is 5.91 Å². The van der Waals surface area contributed by atoms with Crippen LogP contribution in [0.3, 0.4) is 0 Å². The van der Waals surface area contributed by atoms with Crippen LogP contribution in [-0.2, 0) is 0 Å². The van der Waals surface area contributed by atoms with E-state index >= 15 is 0 Å². The Labute approximate surface area is 94.2 Å². The maximum absolute atomic E-state index is 11.8. The number of nitrogens with zero attached hydrogens (tertiary/aromatic N) is 1. The van der Waals surface area contributed by atoms with Crippen LogP contribution >= 0.6 is 0 Å². The molecule has 6 heteroatoms. The van der Waals surface area contributed by atoms with E-state index in [9.17, 15) is 9.90 Å². The molecule has 1 aromatic heterocycles. The predicted molar refractivity (Wildman–Crippen MR) is 60.8 cm³/mol. The summed E-state index contributed by atoms with van der Waals surface area (Å²) in [4.78, 5) is 11.8. The predicted octanol–water partition coefficient (Wildman–Crippen LogP) is 0.271. The fraction of sp³-hybridized carbons (Fsp3) is 0.600. The van der Waals surface area contributed by atoms with Gasteiger partial charge in [-0.05, 0) is 27.7 Å². The Balaban J connectivity index is 2.79. The molecule has 0 unspecified atom stereocenters. The molecule has 5 N–H and O–H groups in total. The van der Waals surface area contributed by atoms with Gasteiger partial charge in [-0.1, -0.05) is 0 Å². The number of nitrogens with one attached hydrogen (secondary N) is 2. The quantitative estimate of drug-likeness (QED) is 0.594. The standard InChI is InChI=1S/C10H18N4O2/c1-9(2,10(3,4)16)12-8(15)6-5-7(11)14-13-6/h5,16H,1-4H3,(H,12,15)(H3,11,13,14). The number of anilines is 1. The molecule has 6 nitrogen and oxygen atoms in total. The molecule has 0 fully saturated rings. The van der Waals surface area contributed by atoms with E-state index in [-0.39, 0.29) is 17.4 Å². The first-order chi connectivity index (χ1) is 7.13. The van der Waals surface area contributed by atoms with Gasteiger partial charge < -0.3 is 16.2 Å². The van der Waals surface area contributed by atoms with Gasteiger partial charge in [0.2, 0.25) is 0 Å². The Bertz CT molecular complexity index is 390. The van der Waals surface area contributed by atoms with Gasteiger partial charge in [0.1, 0.15) is 11.5 Å². The molecule has 0 saturated carbocycles. The second kappa shape index (κ2) is 3.79. The molecule has 0 aliphatic heterocycles. The zero-order valence-corrected chi connectivity index (χ0v) is 9.96. The number of carbonyl (C=O) groups is 1. The minimum absolute atomic E-state index is 0.256. The van der Waals surface area contributed by atoms with E-state index in [1.807, 2.05) is 0 Å². The van der Waals surface area contributed by atoms with Crippen molar-refractivity contribution in [3.05, 3.63) is 11.8 Å². The molecule has 1 amide bonds. The minimum atomic E-state index is -1.03. The summed E-state index contributed by atoms with van der Waals surface area (Å²) in [6.45, 7) is 6.75. The van der Waals surface area contributed by atoms with Crippen molar-refractivity contribution in [2.24, 2.45) is 0 Å². The number of aromatic amines is 1. The Hall–Kier alpha value is -1.56. The van der Waals surface area contributed by atoms with Crippen LogP contribution in [0.4, 0.5) is 5.82 Å². The minimum Gasteiger partial charge on any atom is -0.388 e. The Morgan fingerprint density at radius 1 is 1.50 bits per heavy atom. The van der Waals surface area contributed by atoms with Gasteiger partial charge in [-0.25, -0.2) is 0 Å². The van der Waals surface area contributed by atoms with Crippen molar-refractivity contribution in [1.29, 1.82) is 0 Å². The molecule has 0 saturated heterocycles. The van der Waals surface area contributed by atoms with Crippen molar-refractivity contribution in [2.75, 3.05) is 5.73 Å². The second-order valence-corrected chi connectivity index (χ2v) is 4.84. The molecule has 0 aliphatic rings. The topological polar surface area (TPSA) is 104 Å². The van der Waals surface area contributed by atoms with Crippen molar-refractivity contribution in [1.82, 2.24) is 15.5 Å². The van der Waals surface area contributed by atoms with Gasteiger partial charge in [0, 0.05) is 6.07 Å². The van der Waals surface area contributed by atoms with Crippen molar-refractivity contribution in [2.45, 2.75) is 38.8 Å². The average Bonchev–Trinajstić information content (AvgIpc) is 2.48. The van der Waals surface area contributed by atoms with Gasteiger partial charge >= 0.3 is 0 Å². The van der Waals surface area contributed by atoms with Crippen molar-refractivity contribution < 1.29 is 9.90 Å². The maximum atomic E-state index is 11.8. The SMILES string of the molecule is CC(C)(O)C(C)(C)NC(=O)c1cc(N)n[nH]1. The van der Waals surface area contributed by atoms with E-state index in [0.717, 1.165) is 0 Å². The molecule has 1 rings (SSSR count). The van der Waals surface area contributed by atoms with E-state index in [0.29, 0.717) is 0 Å². The number of nitrogens with two attached hydrogens (primary N) is 1. The third-order valence-electron chi connectivity index (χ3n) is 2.80. The normalized spacial score (nSPS) is 12.6. The van der Waals surface area contributed by atoms with Crippen LogP contribution in [-0.4, -0.2) is 32.4 Å². The Morgan fingerprint density at radius 2 is 2.06 bits per heavy atom. The average molecular weight is 226 g/mol. The van der Waals surface area contributed by atoms with E-state index in [2.05, 4.69) is 15.5 Å². The molecule has 0 spiro atoms. The van der Waals surface area contributed by atoms with Gasteiger partial charge in [0.15, 0.2) is 0 Å². The van der Waals surface area contributed by atoms with E-state index in [4.69, 9.17) is 5.73 Å². The molecule has 90 valence electrons. The summed E-state index contributed by atoms with van der Waals surface area (Å²) in [6, 6.07) is 1.44. The van der Waals surface area contributed by atoms with Gasteiger partial charge in [0.05, 0.1) is 11.1 Å². The highest BCUT2D eigenvalue weighted by molar-refractivity contribution is 5.93. The zero-order valence-electron chi connectivity index (χ0n) is 9.96. The number of aliphatic hydroxyl groups is 1. The van der Waals surface area contributed by atoms with Crippen LogP contribution in [0.2, 0.25) is 0 Å².